The zero-order valence-electron chi connectivity index (χ0n) is 9.66. The first kappa shape index (κ1) is 11.4. The zero-order chi connectivity index (χ0) is 12.8. The summed E-state index contributed by atoms with van der Waals surface area (Å²) in [6, 6.07) is 11.5. The number of rotatable bonds is 1. The molecule has 3 rings (SSSR count). The molecule has 18 heavy (non-hydrogen) atoms. The molecular weight excluding hydrogens is 234 g/mol. The van der Waals surface area contributed by atoms with Crippen molar-refractivity contribution in [3.8, 4) is 0 Å². The second-order valence-corrected chi connectivity index (χ2v) is 4.76. The average Bonchev–Trinajstić information content (AvgIpc) is 2.69. The summed E-state index contributed by atoms with van der Waals surface area (Å²) in [5.41, 5.74) is 0.682. The first-order chi connectivity index (χ1) is 8.60. The van der Waals surface area contributed by atoms with E-state index in [1.54, 1.807) is 0 Å². The van der Waals surface area contributed by atoms with Gasteiger partial charge < -0.3 is 5.11 Å². The lowest BCUT2D eigenvalue weighted by molar-refractivity contribution is 0.0437. The number of hydrogen-bond donors (Lipinski definition) is 1. The molecule has 1 nitrogen and oxygen atoms in total. The fraction of sp³-hybridized carbons (Fsp3) is 0.200. The van der Waals surface area contributed by atoms with E-state index in [1.165, 1.54) is 12.1 Å². The van der Waals surface area contributed by atoms with Crippen LogP contribution in [0, 0.1) is 11.6 Å². The van der Waals surface area contributed by atoms with Gasteiger partial charge in [-0.05, 0) is 17.2 Å². The van der Waals surface area contributed by atoms with E-state index in [-0.39, 0.29) is 5.56 Å². The summed E-state index contributed by atoms with van der Waals surface area (Å²) < 4.78 is 27.0. The maximum Gasteiger partial charge on any atom is 0.164 e. The van der Waals surface area contributed by atoms with Gasteiger partial charge in [0, 0.05) is 18.4 Å². The maximum absolute atomic E-state index is 13.8. The van der Waals surface area contributed by atoms with Gasteiger partial charge in [-0.2, -0.15) is 0 Å². The van der Waals surface area contributed by atoms with Gasteiger partial charge in [0.1, 0.15) is 5.60 Å². The van der Waals surface area contributed by atoms with Crippen LogP contribution in [0.4, 0.5) is 8.78 Å². The molecule has 1 aliphatic rings. The van der Waals surface area contributed by atoms with Gasteiger partial charge in [0.05, 0.1) is 0 Å². The molecule has 3 heteroatoms. The predicted molar refractivity (Wildman–Crippen MR) is 64.1 cm³/mol. The van der Waals surface area contributed by atoms with Crippen LogP contribution in [-0.4, -0.2) is 5.11 Å². The van der Waals surface area contributed by atoms with E-state index in [0.717, 1.165) is 17.2 Å². The molecule has 0 aliphatic heterocycles. The van der Waals surface area contributed by atoms with E-state index in [2.05, 4.69) is 0 Å². The third kappa shape index (κ3) is 1.63. The highest BCUT2D eigenvalue weighted by atomic mass is 19.2. The normalized spacial score (nSPS) is 16.6. The van der Waals surface area contributed by atoms with Crippen molar-refractivity contribution in [2.45, 2.75) is 18.4 Å². The third-order valence-electron chi connectivity index (χ3n) is 3.54. The molecular formula is C15H12F2O. The van der Waals surface area contributed by atoms with Gasteiger partial charge in [0.2, 0.25) is 0 Å². The summed E-state index contributed by atoms with van der Waals surface area (Å²) in [5.74, 6) is -1.87. The van der Waals surface area contributed by atoms with Gasteiger partial charge >= 0.3 is 0 Å². The fourth-order valence-electron chi connectivity index (χ4n) is 2.65. The molecule has 2 aromatic carbocycles. The molecule has 0 bridgehead atoms. The van der Waals surface area contributed by atoms with Gasteiger partial charge in [0.15, 0.2) is 11.6 Å². The molecule has 0 saturated carbocycles. The van der Waals surface area contributed by atoms with Crippen molar-refractivity contribution < 1.29 is 13.9 Å². The molecule has 92 valence electrons. The lowest BCUT2D eigenvalue weighted by atomic mass is 9.90. The summed E-state index contributed by atoms with van der Waals surface area (Å²) >= 11 is 0. The molecule has 0 unspecified atom stereocenters. The summed E-state index contributed by atoms with van der Waals surface area (Å²) in [6.45, 7) is 0. The van der Waals surface area contributed by atoms with Crippen molar-refractivity contribution in [1.82, 2.24) is 0 Å². The molecule has 0 amide bonds. The highest BCUT2D eigenvalue weighted by Crippen LogP contribution is 2.38. The lowest BCUT2D eigenvalue weighted by Gasteiger charge is -2.23. The summed E-state index contributed by atoms with van der Waals surface area (Å²) in [7, 11) is 0. The summed E-state index contributed by atoms with van der Waals surface area (Å²) in [5, 5.41) is 10.6. The standard InChI is InChI=1S/C15H12F2O/c16-13-7-3-6-12(14(13)17)15(18)8-10-4-1-2-5-11(10)9-15/h1-7,18H,8-9H2. The first-order valence-corrected chi connectivity index (χ1v) is 5.84. The van der Waals surface area contributed by atoms with Gasteiger partial charge in [-0.15, -0.1) is 0 Å². The molecule has 0 fully saturated rings. The number of fused-ring (bicyclic) bond motifs is 1. The molecule has 1 aliphatic carbocycles. The van der Waals surface area contributed by atoms with E-state index in [0.29, 0.717) is 12.8 Å². The summed E-state index contributed by atoms with van der Waals surface area (Å²) in [6.07, 6.45) is 0.646. The predicted octanol–water partition coefficient (Wildman–Crippen LogP) is 2.95. The highest BCUT2D eigenvalue weighted by Gasteiger charge is 2.39. The Balaban J connectivity index is 2.07. The van der Waals surface area contributed by atoms with Crippen LogP contribution in [0.2, 0.25) is 0 Å². The maximum atomic E-state index is 13.8. The largest absolute Gasteiger partial charge is 0.384 e. The number of benzene rings is 2. The number of hydrogen-bond acceptors (Lipinski definition) is 1. The van der Waals surface area contributed by atoms with Crippen LogP contribution in [0.25, 0.3) is 0 Å². The van der Waals surface area contributed by atoms with Gasteiger partial charge in [-0.25, -0.2) is 8.78 Å². The van der Waals surface area contributed by atoms with Gasteiger partial charge in [-0.1, -0.05) is 36.4 Å². The molecule has 2 aromatic rings. The topological polar surface area (TPSA) is 20.2 Å². The van der Waals surface area contributed by atoms with Crippen LogP contribution in [-0.2, 0) is 18.4 Å². The Morgan fingerprint density at radius 1 is 0.889 bits per heavy atom. The average molecular weight is 246 g/mol. The Labute approximate surface area is 104 Å². The second kappa shape index (κ2) is 3.89. The van der Waals surface area contributed by atoms with Crippen molar-refractivity contribution in [2.24, 2.45) is 0 Å². The third-order valence-corrected chi connectivity index (χ3v) is 3.54. The van der Waals surface area contributed by atoms with Crippen molar-refractivity contribution in [3.63, 3.8) is 0 Å². The highest BCUT2D eigenvalue weighted by molar-refractivity contribution is 5.40. The minimum absolute atomic E-state index is 0.0405. The lowest BCUT2D eigenvalue weighted by Crippen LogP contribution is -2.28. The van der Waals surface area contributed by atoms with Crippen LogP contribution in [0.5, 0.6) is 0 Å². The van der Waals surface area contributed by atoms with Crippen LogP contribution in [0.1, 0.15) is 16.7 Å². The van der Waals surface area contributed by atoms with Gasteiger partial charge in [0.25, 0.3) is 0 Å². The molecule has 0 radical (unpaired) electrons. The Hall–Kier alpha value is -1.74. The zero-order valence-corrected chi connectivity index (χ0v) is 9.66. The Morgan fingerprint density at radius 3 is 2.11 bits per heavy atom. The monoisotopic (exact) mass is 246 g/mol. The van der Waals surface area contributed by atoms with Crippen LogP contribution in [0.15, 0.2) is 42.5 Å². The Morgan fingerprint density at radius 2 is 1.50 bits per heavy atom. The van der Waals surface area contributed by atoms with Crippen molar-refractivity contribution in [3.05, 3.63) is 70.8 Å². The van der Waals surface area contributed by atoms with Crippen molar-refractivity contribution in [2.75, 3.05) is 0 Å². The van der Waals surface area contributed by atoms with Crippen LogP contribution < -0.4 is 0 Å². The van der Waals surface area contributed by atoms with E-state index in [4.69, 9.17) is 0 Å². The van der Waals surface area contributed by atoms with Crippen molar-refractivity contribution in [1.29, 1.82) is 0 Å². The Kier molecular flexibility index (Phi) is 2.45. The molecule has 0 aromatic heterocycles. The van der Waals surface area contributed by atoms with Gasteiger partial charge in [-0.3, -0.25) is 0 Å². The Bertz CT molecular complexity index is 582. The number of aliphatic hydroxyl groups is 1. The van der Waals surface area contributed by atoms with Crippen molar-refractivity contribution >= 4 is 0 Å². The van der Waals surface area contributed by atoms with Crippen LogP contribution >= 0.6 is 0 Å². The quantitative estimate of drug-likeness (QED) is 0.820. The first-order valence-electron chi connectivity index (χ1n) is 5.84. The smallest absolute Gasteiger partial charge is 0.164 e. The van der Waals surface area contributed by atoms with E-state index >= 15 is 0 Å². The minimum Gasteiger partial charge on any atom is -0.384 e. The summed E-state index contributed by atoms with van der Waals surface area (Å²) in [4.78, 5) is 0. The van der Waals surface area contributed by atoms with E-state index in [1.807, 2.05) is 24.3 Å². The molecule has 0 heterocycles. The fourth-order valence-corrected chi connectivity index (χ4v) is 2.65. The SMILES string of the molecule is OC1(c2cccc(F)c2F)Cc2ccccc2C1. The molecule has 1 N–H and O–H groups in total. The molecule has 0 spiro atoms. The van der Waals surface area contributed by atoms with E-state index in [9.17, 15) is 13.9 Å². The molecule has 0 saturated heterocycles. The molecule has 0 atom stereocenters. The minimum atomic E-state index is -1.34. The second-order valence-electron chi connectivity index (χ2n) is 4.76. The van der Waals surface area contributed by atoms with Crippen LogP contribution in [0.3, 0.4) is 0 Å². The number of halogens is 2. The van der Waals surface area contributed by atoms with E-state index < -0.39 is 17.2 Å².